The van der Waals surface area contributed by atoms with Crippen molar-refractivity contribution in [1.82, 2.24) is 0 Å². The van der Waals surface area contributed by atoms with Gasteiger partial charge in [-0.2, -0.15) is 0 Å². The van der Waals surface area contributed by atoms with Gasteiger partial charge in [0.1, 0.15) is 5.75 Å². The molecule has 2 aromatic carbocycles. The molecule has 2 aromatic rings. The topological polar surface area (TPSA) is 75.6 Å². The molecule has 5 nitrogen and oxygen atoms in total. The largest absolute Gasteiger partial charge is 0.484 e. The van der Waals surface area contributed by atoms with Crippen molar-refractivity contribution in [3.8, 4) is 5.75 Å². The van der Waals surface area contributed by atoms with Crippen molar-refractivity contribution in [2.75, 3.05) is 11.9 Å². The Morgan fingerprint density at radius 2 is 1.71 bits per heavy atom. The predicted octanol–water partition coefficient (Wildman–Crippen LogP) is 3.60. The van der Waals surface area contributed by atoms with E-state index in [-0.39, 0.29) is 18.9 Å². The van der Waals surface area contributed by atoms with E-state index < -0.39 is 5.97 Å². The average molecular weight is 348 g/mol. The van der Waals surface area contributed by atoms with Gasteiger partial charge in [-0.15, -0.1) is 0 Å². The van der Waals surface area contributed by atoms with Crippen LogP contribution in [-0.2, 0) is 16.0 Å². The fourth-order valence-corrected chi connectivity index (χ4v) is 2.33. The first-order chi connectivity index (χ1) is 11.3. The molecule has 0 fully saturated rings. The fraction of sp³-hybridized carbons (Fsp3) is 0.222. The van der Waals surface area contributed by atoms with Crippen LogP contribution in [0.4, 0.5) is 5.69 Å². The number of rotatable bonds is 6. The molecule has 0 saturated carbocycles. The SMILES string of the molecule is Cc1cc(OCC(=O)Nc2ccc(CC(=O)O)cc2)cc(C)c1Cl. The molecule has 0 aliphatic carbocycles. The van der Waals surface area contributed by atoms with E-state index in [9.17, 15) is 9.59 Å². The summed E-state index contributed by atoms with van der Waals surface area (Å²) in [4.78, 5) is 22.6. The van der Waals surface area contributed by atoms with Gasteiger partial charge < -0.3 is 15.2 Å². The van der Waals surface area contributed by atoms with Crippen LogP contribution in [0.1, 0.15) is 16.7 Å². The Hall–Kier alpha value is -2.53. The number of halogens is 1. The van der Waals surface area contributed by atoms with E-state index in [1.165, 1.54) is 0 Å². The van der Waals surface area contributed by atoms with E-state index in [1.54, 1.807) is 36.4 Å². The van der Waals surface area contributed by atoms with Crippen LogP contribution in [-0.4, -0.2) is 23.6 Å². The molecule has 0 bridgehead atoms. The normalized spacial score (nSPS) is 10.3. The summed E-state index contributed by atoms with van der Waals surface area (Å²) in [6.07, 6.45) is -0.0490. The second-order valence-electron chi connectivity index (χ2n) is 5.48. The number of carboxylic acid groups (broad SMARTS) is 1. The minimum absolute atomic E-state index is 0.0490. The highest BCUT2D eigenvalue weighted by Crippen LogP contribution is 2.25. The van der Waals surface area contributed by atoms with Crippen molar-refractivity contribution >= 4 is 29.2 Å². The molecule has 0 aliphatic rings. The summed E-state index contributed by atoms with van der Waals surface area (Å²) in [6.45, 7) is 3.62. The van der Waals surface area contributed by atoms with Crippen molar-refractivity contribution < 1.29 is 19.4 Å². The first-order valence-corrected chi connectivity index (χ1v) is 7.73. The molecule has 126 valence electrons. The molecule has 0 radical (unpaired) electrons. The van der Waals surface area contributed by atoms with Crippen LogP contribution >= 0.6 is 11.6 Å². The monoisotopic (exact) mass is 347 g/mol. The van der Waals surface area contributed by atoms with Gasteiger partial charge >= 0.3 is 5.97 Å². The second-order valence-corrected chi connectivity index (χ2v) is 5.85. The number of hydrogen-bond acceptors (Lipinski definition) is 3. The number of hydrogen-bond donors (Lipinski definition) is 2. The van der Waals surface area contributed by atoms with Crippen molar-refractivity contribution in [2.24, 2.45) is 0 Å². The maximum absolute atomic E-state index is 11.9. The average Bonchev–Trinajstić information content (AvgIpc) is 2.52. The molecule has 2 rings (SSSR count). The molecule has 0 heterocycles. The molecule has 0 aromatic heterocycles. The molecular weight excluding hydrogens is 330 g/mol. The number of carboxylic acids is 1. The molecule has 0 atom stereocenters. The quantitative estimate of drug-likeness (QED) is 0.837. The number of anilines is 1. The summed E-state index contributed by atoms with van der Waals surface area (Å²) in [6, 6.07) is 10.2. The zero-order valence-corrected chi connectivity index (χ0v) is 14.2. The Morgan fingerprint density at radius 3 is 2.25 bits per heavy atom. The lowest BCUT2D eigenvalue weighted by molar-refractivity contribution is -0.136. The van der Waals surface area contributed by atoms with Crippen molar-refractivity contribution in [1.29, 1.82) is 0 Å². The lowest BCUT2D eigenvalue weighted by atomic mass is 10.1. The molecule has 1 amide bonds. The van der Waals surface area contributed by atoms with Crippen LogP contribution in [0.3, 0.4) is 0 Å². The molecule has 0 aliphatic heterocycles. The van der Waals surface area contributed by atoms with Crippen molar-refractivity contribution in [3.05, 3.63) is 58.1 Å². The fourth-order valence-electron chi connectivity index (χ4n) is 2.22. The van der Waals surface area contributed by atoms with E-state index in [2.05, 4.69) is 5.32 Å². The standard InChI is InChI=1S/C18H18ClNO4/c1-11-7-15(8-12(2)18(11)19)24-10-16(21)20-14-5-3-13(4-6-14)9-17(22)23/h3-8H,9-10H2,1-2H3,(H,20,21)(H,22,23). The molecule has 6 heteroatoms. The summed E-state index contributed by atoms with van der Waals surface area (Å²) in [5, 5.41) is 12.1. The predicted molar refractivity (Wildman–Crippen MR) is 92.8 cm³/mol. The van der Waals surface area contributed by atoms with Crippen LogP contribution in [0.2, 0.25) is 5.02 Å². The number of nitrogens with one attached hydrogen (secondary N) is 1. The number of amides is 1. The number of benzene rings is 2. The minimum Gasteiger partial charge on any atom is -0.484 e. The third-order valence-corrected chi connectivity index (χ3v) is 3.97. The third-order valence-electron chi connectivity index (χ3n) is 3.37. The first-order valence-electron chi connectivity index (χ1n) is 7.35. The van der Waals surface area contributed by atoms with E-state index in [1.807, 2.05) is 13.8 Å². The Kier molecular flexibility index (Phi) is 5.82. The highest BCUT2D eigenvalue weighted by Gasteiger charge is 2.07. The van der Waals surface area contributed by atoms with Gasteiger partial charge in [0, 0.05) is 10.7 Å². The zero-order valence-electron chi connectivity index (χ0n) is 13.4. The van der Waals surface area contributed by atoms with Gasteiger partial charge in [0.2, 0.25) is 0 Å². The molecule has 0 saturated heterocycles. The van der Waals surface area contributed by atoms with Crippen LogP contribution in [0.15, 0.2) is 36.4 Å². The van der Waals surface area contributed by atoms with E-state index in [0.717, 1.165) is 11.1 Å². The minimum atomic E-state index is -0.895. The maximum Gasteiger partial charge on any atom is 0.307 e. The third kappa shape index (κ3) is 4.99. The summed E-state index contributed by atoms with van der Waals surface area (Å²) >= 11 is 6.09. The molecule has 0 unspecified atom stereocenters. The molecule has 0 spiro atoms. The summed E-state index contributed by atoms with van der Waals surface area (Å²) in [5.74, 6) is -0.610. The zero-order chi connectivity index (χ0) is 17.7. The Bertz CT molecular complexity index is 733. The van der Waals surface area contributed by atoms with Gasteiger partial charge in [0.05, 0.1) is 6.42 Å². The summed E-state index contributed by atoms with van der Waals surface area (Å²) < 4.78 is 5.48. The smallest absolute Gasteiger partial charge is 0.307 e. The number of aliphatic carboxylic acids is 1. The van der Waals surface area contributed by atoms with E-state index in [0.29, 0.717) is 22.0 Å². The lowest BCUT2D eigenvalue weighted by Gasteiger charge is -2.10. The van der Waals surface area contributed by atoms with Gasteiger partial charge in [-0.25, -0.2) is 0 Å². The van der Waals surface area contributed by atoms with E-state index >= 15 is 0 Å². The maximum atomic E-state index is 11.9. The summed E-state index contributed by atoms with van der Waals surface area (Å²) in [5.41, 5.74) is 3.03. The van der Waals surface area contributed by atoms with Gasteiger partial charge in [-0.05, 0) is 54.8 Å². The van der Waals surface area contributed by atoms with Gasteiger partial charge in [-0.3, -0.25) is 9.59 Å². The van der Waals surface area contributed by atoms with Crippen molar-refractivity contribution in [3.63, 3.8) is 0 Å². The first kappa shape index (κ1) is 17.8. The highest BCUT2D eigenvalue weighted by molar-refractivity contribution is 6.32. The van der Waals surface area contributed by atoms with Gasteiger partial charge in [0.25, 0.3) is 5.91 Å². The van der Waals surface area contributed by atoms with Crippen LogP contribution in [0, 0.1) is 13.8 Å². The van der Waals surface area contributed by atoms with Gasteiger partial charge in [-0.1, -0.05) is 23.7 Å². The van der Waals surface area contributed by atoms with Crippen LogP contribution in [0.5, 0.6) is 5.75 Å². The van der Waals surface area contributed by atoms with Crippen LogP contribution in [0.25, 0.3) is 0 Å². The number of aryl methyl sites for hydroxylation is 2. The Labute approximate surface area is 145 Å². The molecule has 24 heavy (non-hydrogen) atoms. The number of carbonyl (C=O) groups excluding carboxylic acids is 1. The Morgan fingerprint density at radius 1 is 1.12 bits per heavy atom. The number of ether oxygens (including phenoxy) is 1. The summed E-state index contributed by atoms with van der Waals surface area (Å²) in [7, 11) is 0. The van der Waals surface area contributed by atoms with Crippen LogP contribution < -0.4 is 10.1 Å². The second kappa shape index (κ2) is 7.84. The molecule has 2 N–H and O–H groups in total. The van der Waals surface area contributed by atoms with Crippen molar-refractivity contribution in [2.45, 2.75) is 20.3 Å². The highest BCUT2D eigenvalue weighted by atomic mass is 35.5. The Balaban J connectivity index is 1.90. The van der Waals surface area contributed by atoms with Gasteiger partial charge in [0.15, 0.2) is 6.61 Å². The number of carbonyl (C=O) groups is 2. The lowest BCUT2D eigenvalue weighted by Crippen LogP contribution is -2.20. The van der Waals surface area contributed by atoms with E-state index in [4.69, 9.17) is 21.4 Å². The molecular formula is C18H18ClNO4.